The predicted octanol–water partition coefficient (Wildman–Crippen LogP) is 2.72. The van der Waals surface area contributed by atoms with Crippen LogP contribution < -0.4 is 10.5 Å². The van der Waals surface area contributed by atoms with Crippen LogP contribution in [0.5, 0.6) is 5.75 Å². The average molecular weight is 287 g/mol. The number of carbonyl (C=O) groups excluding carboxylic acids is 1. The molecule has 0 radical (unpaired) electrons. The monoisotopic (exact) mass is 287 g/mol. The van der Waals surface area contributed by atoms with Crippen molar-refractivity contribution in [2.75, 3.05) is 7.11 Å². The normalized spacial score (nSPS) is 18.2. The lowest BCUT2D eigenvalue weighted by molar-refractivity contribution is -0.120. The maximum Gasteiger partial charge on any atom is 0.214 e. The summed E-state index contributed by atoms with van der Waals surface area (Å²) >= 11 is 1.48. The van der Waals surface area contributed by atoms with Crippen LogP contribution in [0.25, 0.3) is 5.57 Å². The van der Waals surface area contributed by atoms with E-state index in [1.54, 1.807) is 13.2 Å². The molecule has 20 heavy (non-hydrogen) atoms. The van der Waals surface area contributed by atoms with Crippen molar-refractivity contribution in [3.8, 4) is 5.75 Å². The number of methoxy groups -OCH3 is 1. The zero-order valence-electron chi connectivity index (χ0n) is 10.8. The summed E-state index contributed by atoms with van der Waals surface area (Å²) in [6, 6.07) is 11.0. The van der Waals surface area contributed by atoms with Gasteiger partial charge in [-0.2, -0.15) is 0 Å². The fourth-order valence-electron chi connectivity index (χ4n) is 2.18. The first-order valence-electron chi connectivity index (χ1n) is 6.09. The van der Waals surface area contributed by atoms with Crippen molar-refractivity contribution in [3.05, 3.63) is 58.1 Å². The van der Waals surface area contributed by atoms with Crippen molar-refractivity contribution in [1.82, 2.24) is 0 Å². The number of benzene rings is 1. The summed E-state index contributed by atoms with van der Waals surface area (Å²) in [4.78, 5) is 13.4. The summed E-state index contributed by atoms with van der Waals surface area (Å²) < 4.78 is 10.7. The Kier molecular flexibility index (Phi) is 3.20. The van der Waals surface area contributed by atoms with Crippen LogP contribution in [-0.4, -0.2) is 12.9 Å². The van der Waals surface area contributed by atoms with Crippen LogP contribution in [0.15, 0.2) is 47.7 Å². The number of ether oxygens (including phenoxy) is 2. The molecule has 2 heterocycles. The molecule has 1 aliphatic rings. The Morgan fingerprint density at radius 2 is 2.15 bits per heavy atom. The van der Waals surface area contributed by atoms with E-state index < -0.39 is 6.10 Å². The highest BCUT2D eigenvalue weighted by Crippen LogP contribution is 2.38. The highest BCUT2D eigenvalue weighted by Gasteiger charge is 2.36. The Morgan fingerprint density at radius 3 is 2.85 bits per heavy atom. The molecule has 5 heteroatoms. The van der Waals surface area contributed by atoms with E-state index in [9.17, 15) is 4.79 Å². The summed E-state index contributed by atoms with van der Waals surface area (Å²) in [5, 5.41) is 1.91. The number of rotatable bonds is 3. The standard InChI is InChI=1S/C15H13NO3S/c1-18-10-5-2-4-9(8-10)12-13(17)14(19-15(12)16)11-6-3-7-20-11/h2-8,14H,16H2,1H3. The number of ketones is 1. The lowest BCUT2D eigenvalue weighted by atomic mass is 10.00. The molecule has 0 amide bonds. The summed E-state index contributed by atoms with van der Waals surface area (Å²) in [6.45, 7) is 0. The van der Waals surface area contributed by atoms with Gasteiger partial charge in [0.15, 0.2) is 12.0 Å². The topological polar surface area (TPSA) is 61.6 Å². The quantitative estimate of drug-likeness (QED) is 0.943. The van der Waals surface area contributed by atoms with Crippen molar-refractivity contribution >= 4 is 22.7 Å². The predicted molar refractivity (Wildman–Crippen MR) is 77.3 cm³/mol. The summed E-state index contributed by atoms with van der Waals surface area (Å²) in [5.41, 5.74) is 7.02. The molecular weight excluding hydrogens is 274 g/mol. The molecule has 0 saturated carbocycles. The summed E-state index contributed by atoms with van der Waals surface area (Å²) in [7, 11) is 1.58. The van der Waals surface area contributed by atoms with Crippen LogP contribution in [0, 0.1) is 0 Å². The van der Waals surface area contributed by atoms with Gasteiger partial charge in [0, 0.05) is 0 Å². The fourth-order valence-corrected chi connectivity index (χ4v) is 2.93. The Morgan fingerprint density at radius 1 is 1.30 bits per heavy atom. The van der Waals surface area contributed by atoms with Crippen LogP contribution in [0.3, 0.4) is 0 Å². The van der Waals surface area contributed by atoms with Crippen LogP contribution >= 0.6 is 11.3 Å². The molecule has 1 unspecified atom stereocenters. The molecule has 0 bridgehead atoms. The van der Waals surface area contributed by atoms with Crippen LogP contribution in [0.2, 0.25) is 0 Å². The van der Waals surface area contributed by atoms with Gasteiger partial charge in [0.25, 0.3) is 0 Å². The SMILES string of the molecule is COc1cccc(C2=C(N)OC(c3cccs3)C2=O)c1. The van der Waals surface area contributed by atoms with Crippen LogP contribution in [-0.2, 0) is 9.53 Å². The highest BCUT2D eigenvalue weighted by molar-refractivity contribution is 7.10. The van der Waals surface area contributed by atoms with Gasteiger partial charge in [0.1, 0.15) is 5.75 Å². The lowest BCUT2D eigenvalue weighted by Crippen LogP contribution is -2.08. The van der Waals surface area contributed by atoms with Gasteiger partial charge in [0.2, 0.25) is 5.78 Å². The third-order valence-electron chi connectivity index (χ3n) is 3.14. The zero-order valence-corrected chi connectivity index (χ0v) is 11.6. The molecule has 0 aliphatic carbocycles. The number of nitrogens with two attached hydrogens (primary N) is 1. The van der Waals surface area contributed by atoms with E-state index in [1.165, 1.54) is 11.3 Å². The molecule has 1 atom stereocenters. The molecule has 1 aromatic carbocycles. The number of thiophene rings is 1. The minimum absolute atomic E-state index is 0.113. The van der Waals surface area contributed by atoms with E-state index in [0.717, 1.165) is 4.88 Å². The summed E-state index contributed by atoms with van der Waals surface area (Å²) in [5.74, 6) is 0.732. The number of hydrogen-bond acceptors (Lipinski definition) is 5. The first kappa shape index (κ1) is 12.7. The van der Waals surface area contributed by atoms with Crippen molar-refractivity contribution < 1.29 is 14.3 Å². The maximum absolute atomic E-state index is 12.5. The van der Waals surface area contributed by atoms with Crippen molar-refractivity contribution in [3.63, 3.8) is 0 Å². The van der Waals surface area contributed by atoms with Gasteiger partial charge in [-0.15, -0.1) is 11.3 Å². The van der Waals surface area contributed by atoms with Gasteiger partial charge in [0.05, 0.1) is 17.6 Å². The first-order valence-corrected chi connectivity index (χ1v) is 6.97. The van der Waals surface area contributed by atoms with Crippen molar-refractivity contribution in [1.29, 1.82) is 0 Å². The van der Waals surface area contributed by atoms with Crippen LogP contribution in [0.4, 0.5) is 0 Å². The number of Topliss-reactive ketones (excluding diaryl/α,β-unsaturated/α-hetero) is 1. The second kappa shape index (κ2) is 5.02. The molecular formula is C15H13NO3S. The molecule has 1 aromatic heterocycles. The molecule has 0 saturated heterocycles. The summed E-state index contributed by atoms with van der Waals surface area (Å²) in [6.07, 6.45) is -0.629. The van der Waals surface area contributed by atoms with Gasteiger partial charge in [-0.1, -0.05) is 18.2 Å². The second-order valence-electron chi connectivity index (χ2n) is 4.35. The molecule has 102 valence electrons. The van der Waals surface area contributed by atoms with E-state index in [2.05, 4.69) is 0 Å². The van der Waals surface area contributed by atoms with E-state index >= 15 is 0 Å². The Labute approximate surface area is 120 Å². The second-order valence-corrected chi connectivity index (χ2v) is 5.33. The molecule has 2 aromatic rings. The third kappa shape index (κ3) is 2.06. The van der Waals surface area contributed by atoms with E-state index in [4.69, 9.17) is 15.2 Å². The number of carbonyl (C=O) groups is 1. The van der Waals surface area contributed by atoms with Gasteiger partial charge < -0.3 is 15.2 Å². The minimum atomic E-state index is -0.629. The van der Waals surface area contributed by atoms with Crippen molar-refractivity contribution in [2.45, 2.75) is 6.10 Å². The van der Waals surface area contributed by atoms with Gasteiger partial charge in [-0.05, 0) is 29.1 Å². The van der Waals surface area contributed by atoms with E-state index in [1.807, 2.05) is 35.7 Å². The Bertz CT molecular complexity index is 676. The lowest BCUT2D eigenvalue weighted by Gasteiger charge is -2.07. The highest BCUT2D eigenvalue weighted by atomic mass is 32.1. The van der Waals surface area contributed by atoms with E-state index in [-0.39, 0.29) is 11.7 Å². The number of hydrogen-bond donors (Lipinski definition) is 1. The largest absolute Gasteiger partial charge is 0.497 e. The fraction of sp³-hybridized carbons (Fsp3) is 0.133. The smallest absolute Gasteiger partial charge is 0.214 e. The molecule has 1 aliphatic heterocycles. The maximum atomic E-state index is 12.5. The van der Waals surface area contributed by atoms with E-state index in [0.29, 0.717) is 16.9 Å². The zero-order chi connectivity index (χ0) is 14.1. The molecule has 2 N–H and O–H groups in total. The minimum Gasteiger partial charge on any atom is -0.497 e. The van der Waals surface area contributed by atoms with Gasteiger partial charge in [-0.25, -0.2) is 0 Å². The van der Waals surface area contributed by atoms with Crippen molar-refractivity contribution in [2.24, 2.45) is 5.73 Å². The molecule has 0 fully saturated rings. The first-order chi connectivity index (χ1) is 9.70. The average Bonchev–Trinajstić information content (AvgIpc) is 3.07. The Balaban J connectivity index is 1.97. The van der Waals surface area contributed by atoms with Gasteiger partial charge >= 0.3 is 0 Å². The third-order valence-corrected chi connectivity index (χ3v) is 4.05. The molecule has 4 nitrogen and oxygen atoms in total. The van der Waals surface area contributed by atoms with Gasteiger partial charge in [-0.3, -0.25) is 4.79 Å². The van der Waals surface area contributed by atoms with Crippen LogP contribution in [0.1, 0.15) is 16.5 Å². The Hall–Kier alpha value is -2.27. The molecule has 3 rings (SSSR count). The molecule has 0 spiro atoms.